The standard InChI is InChI=1S/C17H19ClN2O5/c1-2-19(12-6-4-3-5-7-12)16(21)11-25-17(22)14-10-13(20(23)24)8-9-15(14)18/h6,8-10H,2-5,7,11H2,1H3. The van der Waals surface area contributed by atoms with Crippen LogP contribution in [0.2, 0.25) is 5.02 Å². The highest BCUT2D eigenvalue weighted by atomic mass is 35.5. The van der Waals surface area contributed by atoms with Crippen molar-refractivity contribution in [1.29, 1.82) is 0 Å². The summed E-state index contributed by atoms with van der Waals surface area (Å²) in [6.07, 6.45) is 5.92. The Morgan fingerprint density at radius 2 is 2.12 bits per heavy atom. The lowest BCUT2D eigenvalue weighted by Gasteiger charge is -2.26. The molecular formula is C17H19ClN2O5. The monoisotopic (exact) mass is 366 g/mol. The highest BCUT2D eigenvalue weighted by molar-refractivity contribution is 6.33. The molecule has 0 radical (unpaired) electrons. The number of amides is 1. The minimum absolute atomic E-state index is 0.0328. The number of carbonyl (C=O) groups excluding carboxylic acids is 2. The molecule has 0 atom stereocenters. The SMILES string of the molecule is CCN(C(=O)COC(=O)c1cc([N+](=O)[O-])ccc1Cl)C1=CCCCC1. The summed E-state index contributed by atoms with van der Waals surface area (Å²) in [4.78, 5) is 36.2. The number of carbonyl (C=O) groups is 2. The predicted molar refractivity (Wildman–Crippen MR) is 92.3 cm³/mol. The predicted octanol–water partition coefficient (Wildman–Crippen LogP) is 3.71. The van der Waals surface area contributed by atoms with Crippen molar-refractivity contribution in [2.45, 2.75) is 32.6 Å². The fourth-order valence-corrected chi connectivity index (χ4v) is 2.87. The summed E-state index contributed by atoms with van der Waals surface area (Å²) in [7, 11) is 0. The van der Waals surface area contributed by atoms with Gasteiger partial charge in [-0.05, 0) is 38.7 Å². The van der Waals surface area contributed by atoms with E-state index in [0.717, 1.165) is 37.4 Å². The Morgan fingerprint density at radius 1 is 1.36 bits per heavy atom. The maximum atomic E-state index is 12.3. The highest BCUT2D eigenvalue weighted by Crippen LogP contribution is 2.23. The summed E-state index contributed by atoms with van der Waals surface area (Å²) in [5.74, 6) is -1.19. The number of ether oxygens (including phenoxy) is 1. The van der Waals surface area contributed by atoms with Crippen LogP contribution < -0.4 is 0 Å². The molecule has 1 aliphatic rings. The Labute approximate surface area is 150 Å². The average molecular weight is 367 g/mol. The summed E-state index contributed by atoms with van der Waals surface area (Å²) < 4.78 is 5.01. The Balaban J connectivity index is 2.03. The molecule has 2 rings (SSSR count). The molecule has 0 bridgehead atoms. The second-order valence-electron chi connectivity index (χ2n) is 5.58. The number of hydrogen-bond donors (Lipinski definition) is 0. The minimum atomic E-state index is -0.865. The van der Waals surface area contributed by atoms with Gasteiger partial charge in [-0.2, -0.15) is 0 Å². The van der Waals surface area contributed by atoms with E-state index < -0.39 is 17.5 Å². The van der Waals surface area contributed by atoms with E-state index in [-0.39, 0.29) is 22.2 Å². The molecule has 0 saturated carbocycles. The van der Waals surface area contributed by atoms with Crippen molar-refractivity contribution in [3.05, 3.63) is 50.7 Å². The number of halogens is 1. The van der Waals surface area contributed by atoms with Gasteiger partial charge in [0.2, 0.25) is 0 Å². The second kappa shape index (κ2) is 8.62. The minimum Gasteiger partial charge on any atom is -0.452 e. The molecule has 1 aromatic carbocycles. The number of allylic oxidation sites excluding steroid dienone is 2. The average Bonchev–Trinajstić information content (AvgIpc) is 2.61. The van der Waals surface area contributed by atoms with Crippen LogP contribution in [0.5, 0.6) is 0 Å². The largest absolute Gasteiger partial charge is 0.452 e. The lowest BCUT2D eigenvalue weighted by molar-refractivity contribution is -0.384. The van der Waals surface area contributed by atoms with Crippen molar-refractivity contribution in [2.75, 3.05) is 13.2 Å². The molecule has 8 heteroatoms. The van der Waals surface area contributed by atoms with Crippen LogP contribution in [-0.4, -0.2) is 34.9 Å². The molecule has 0 N–H and O–H groups in total. The molecule has 7 nitrogen and oxygen atoms in total. The Bertz CT molecular complexity index is 717. The Hall–Kier alpha value is -2.41. The first-order valence-electron chi connectivity index (χ1n) is 8.04. The lowest BCUT2D eigenvalue weighted by Crippen LogP contribution is -2.34. The van der Waals surface area contributed by atoms with Crippen molar-refractivity contribution in [3.63, 3.8) is 0 Å². The summed E-state index contributed by atoms with van der Waals surface area (Å²) >= 11 is 5.89. The number of nitrogens with zero attached hydrogens (tertiary/aromatic N) is 2. The van der Waals surface area contributed by atoms with Crippen LogP contribution in [0, 0.1) is 10.1 Å². The number of nitro benzene ring substituents is 1. The number of rotatable bonds is 6. The van der Waals surface area contributed by atoms with Gasteiger partial charge in [0.25, 0.3) is 11.6 Å². The summed E-state index contributed by atoms with van der Waals surface area (Å²) in [5.41, 5.74) is 0.539. The van der Waals surface area contributed by atoms with Crippen molar-refractivity contribution in [2.24, 2.45) is 0 Å². The van der Waals surface area contributed by atoms with E-state index in [1.807, 2.05) is 13.0 Å². The van der Waals surface area contributed by atoms with E-state index in [4.69, 9.17) is 16.3 Å². The molecule has 1 amide bonds. The van der Waals surface area contributed by atoms with Crippen LogP contribution in [0.1, 0.15) is 43.0 Å². The first kappa shape index (κ1) is 18.9. The van der Waals surface area contributed by atoms with Gasteiger partial charge >= 0.3 is 5.97 Å². The van der Waals surface area contributed by atoms with Crippen LogP contribution in [0.15, 0.2) is 30.0 Å². The van der Waals surface area contributed by atoms with Gasteiger partial charge in [0.15, 0.2) is 6.61 Å². The van der Waals surface area contributed by atoms with Gasteiger partial charge in [-0.15, -0.1) is 0 Å². The number of benzene rings is 1. The van der Waals surface area contributed by atoms with E-state index in [2.05, 4.69) is 0 Å². The molecule has 1 aliphatic carbocycles. The van der Waals surface area contributed by atoms with E-state index in [1.54, 1.807) is 4.90 Å². The number of non-ortho nitro benzene ring substituents is 1. The fraction of sp³-hybridized carbons (Fsp3) is 0.412. The number of esters is 1. The molecule has 0 spiro atoms. The molecule has 134 valence electrons. The van der Waals surface area contributed by atoms with Gasteiger partial charge in [-0.25, -0.2) is 4.79 Å². The molecule has 0 saturated heterocycles. The number of likely N-dealkylation sites (N-methyl/N-ethyl adjacent to an activating group) is 1. The fourth-order valence-electron chi connectivity index (χ4n) is 2.67. The van der Waals surface area contributed by atoms with Gasteiger partial charge in [0.05, 0.1) is 15.5 Å². The smallest absolute Gasteiger partial charge is 0.340 e. The third-order valence-corrected chi connectivity index (χ3v) is 4.27. The normalized spacial score (nSPS) is 13.8. The number of hydrogen-bond acceptors (Lipinski definition) is 5. The summed E-state index contributed by atoms with van der Waals surface area (Å²) in [6, 6.07) is 3.48. The first-order valence-corrected chi connectivity index (χ1v) is 8.42. The van der Waals surface area contributed by atoms with Crippen molar-refractivity contribution in [1.82, 2.24) is 4.90 Å². The molecule has 0 unspecified atom stereocenters. The van der Waals surface area contributed by atoms with Gasteiger partial charge in [0, 0.05) is 24.4 Å². The molecule has 0 fully saturated rings. The van der Waals surface area contributed by atoms with E-state index in [1.165, 1.54) is 12.1 Å². The molecular weight excluding hydrogens is 348 g/mol. The van der Waals surface area contributed by atoms with Crippen LogP contribution >= 0.6 is 11.6 Å². The third-order valence-electron chi connectivity index (χ3n) is 3.94. The van der Waals surface area contributed by atoms with E-state index >= 15 is 0 Å². The topological polar surface area (TPSA) is 89.8 Å². The zero-order valence-electron chi connectivity index (χ0n) is 13.9. The lowest BCUT2D eigenvalue weighted by atomic mass is 10.0. The molecule has 0 heterocycles. The van der Waals surface area contributed by atoms with Crippen LogP contribution in [0.4, 0.5) is 5.69 Å². The summed E-state index contributed by atoms with van der Waals surface area (Å²) in [6.45, 7) is 1.90. The van der Waals surface area contributed by atoms with Crippen molar-refractivity contribution in [3.8, 4) is 0 Å². The van der Waals surface area contributed by atoms with Gasteiger partial charge in [-0.3, -0.25) is 14.9 Å². The zero-order valence-corrected chi connectivity index (χ0v) is 14.6. The first-order chi connectivity index (χ1) is 11.9. The molecule has 25 heavy (non-hydrogen) atoms. The molecule has 0 aromatic heterocycles. The Morgan fingerprint density at radius 3 is 2.72 bits per heavy atom. The maximum absolute atomic E-state index is 12.3. The highest BCUT2D eigenvalue weighted by Gasteiger charge is 2.22. The zero-order chi connectivity index (χ0) is 18.4. The third kappa shape index (κ3) is 4.79. The van der Waals surface area contributed by atoms with Gasteiger partial charge in [-0.1, -0.05) is 17.7 Å². The second-order valence-corrected chi connectivity index (χ2v) is 5.98. The van der Waals surface area contributed by atoms with Crippen LogP contribution in [0.25, 0.3) is 0 Å². The molecule has 0 aliphatic heterocycles. The van der Waals surface area contributed by atoms with Gasteiger partial charge in [0.1, 0.15) is 0 Å². The number of nitro groups is 1. The van der Waals surface area contributed by atoms with E-state index in [9.17, 15) is 19.7 Å². The van der Waals surface area contributed by atoms with E-state index in [0.29, 0.717) is 6.54 Å². The van der Waals surface area contributed by atoms with Crippen LogP contribution in [-0.2, 0) is 9.53 Å². The van der Waals surface area contributed by atoms with Crippen molar-refractivity contribution >= 4 is 29.2 Å². The van der Waals surface area contributed by atoms with Gasteiger partial charge < -0.3 is 9.64 Å². The van der Waals surface area contributed by atoms with Crippen molar-refractivity contribution < 1.29 is 19.2 Å². The Kier molecular flexibility index (Phi) is 6.52. The molecule has 1 aromatic rings. The maximum Gasteiger partial charge on any atom is 0.340 e. The van der Waals surface area contributed by atoms with Crippen LogP contribution in [0.3, 0.4) is 0 Å². The summed E-state index contributed by atoms with van der Waals surface area (Å²) in [5, 5.41) is 10.8. The quantitative estimate of drug-likeness (QED) is 0.435.